The molecule has 0 unspecified atom stereocenters. The summed E-state index contributed by atoms with van der Waals surface area (Å²) in [6.07, 6.45) is 3.82. The Morgan fingerprint density at radius 1 is 1.17 bits per heavy atom. The predicted molar refractivity (Wildman–Crippen MR) is 70.5 cm³/mol. The summed E-state index contributed by atoms with van der Waals surface area (Å²) in [5.41, 5.74) is 2.34. The van der Waals surface area contributed by atoms with Crippen LogP contribution >= 0.6 is 0 Å². The van der Waals surface area contributed by atoms with E-state index in [1.807, 2.05) is 0 Å². The first-order chi connectivity index (χ1) is 8.65. The number of fused-ring (bicyclic) bond motifs is 1. The van der Waals surface area contributed by atoms with E-state index in [0.29, 0.717) is 17.7 Å². The van der Waals surface area contributed by atoms with Gasteiger partial charge in [-0.15, -0.1) is 0 Å². The molecule has 0 spiro atoms. The van der Waals surface area contributed by atoms with Crippen molar-refractivity contribution in [2.45, 2.75) is 26.7 Å². The fraction of sp³-hybridized carbons (Fsp3) is 0.333. The lowest BCUT2D eigenvalue weighted by molar-refractivity contribution is 0.0657. The normalized spacial score (nSPS) is 15.2. The maximum absolute atomic E-state index is 12.0. The van der Waals surface area contributed by atoms with Gasteiger partial charge in [0, 0.05) is 6.54 Å². The molecule has 18 heavy (non-hydrogen) atoms. The van der Waals surface area contributed by atoms with Crippen molar-refractivity contribution in [1.82, 2.24) is 4.90 Å². The Balaban J connectivity index is 2.10. The summed E-state index contributed by atoms with van der Waals surface area (Å²) in [6.45, 7) is 4.61. The number of imide groups is 1. The van der Waals surface area contributed by atoms with E-state index in [2.05, 4.69) is 19.9 Å². The van der Waals surface area contributed by atoms with Crippen molar-refractivity contribution in [3.63, 3.8) is 0 Å². The molecule has 1 aromatic carbocycles. The number of nitrogens with zero attached hydrogens (tertiary/aromatic N) is 1. The first kappa shape index (κ1) is 12.6. The lowest BCUT2D eigenvalue weighted by Crippen LogP contribution is -2.30. The summed E-state index contributed by atoms with van der Waals surface area (Å²) in [7, 11) is 0. The van der Waals surface area contributed by atoms with Crippen molar-refractivity contribution < 1.29 is 9.59 Å². The summed E-state index contributed by atoms with van der Waals surface area (Å²) in [6, 6.07) is 6.99. The molecular weight excluding hydrogens is 226 g/mol. The summed E-state index contributed by atoms with van der Waals surface area (Å²) in [5, 5.41) is 0. The number of benzene rings is 1. The van der Waals surface area contributed by atoms with Gasteiger partial charge in [0.15, 0.2) is 0 Å². The quantitative estimate of drug-likeness (QED) is 0.602. The Hall–Kier alpha value is -1.90. The molecular formula is C15H17NO2. The smallest absolute Gasteiger partial charge is 0.261 e. The maximum Gasteiger partial charge on any atom is 0.261 e. The average Bonchev–Trinajstić information content (AvgIpc) is 2.64. The molecule has 1 aliphatic heterocycles. The van der Waals surface area contributed by atoms with Gasteiger partial charge in [0.25, 0.3) is 11.8 Å². The summed E-state index contributed by atoms with van der Waals surface area (Å²) in [4.78, 5) is 25.4. The van der Waals surface area contributed by atoms with Crippen LogP contribution in [-0.4, -0.2) is 23.3 Å². The molecule has 2 amide bonds. The number of rotatable bonds is 4. The Kier molecular flexibility index (Phi) is 3.60. The van der Waals surface area contributed by atoms with Crippen molar-refractivity contribution in [2.24, 2.45) is 0 Å². The van der Waals surface area contributed by atoms with Gasteiger partial charge >= 0.3 is 0 Å². The molecule has 0 aromatic heterocycles. The maximum atomic E-state index is 12.0. The highest BCUT2D eigenvalue weighted by atomic mass is 16.2. The van der Waals surface area contributed by atoms with Crippen LogP contribution in [0, 0.1) is 0 Å². The minimum absolute atomic E-state index is 0.168. The van der Waals surface area contributed by atoms with Crippen LogP contribution in [0.15, 0.2) is 35.9 Å². The van der Waals surface area contributed by atoms with E-state index in [4.69, 9.17) is 0 Å². The zero-order valence-electron chi connectivity index (χ0n) is 10.8. The monoisotopic (exact) mass is 243 g/mol. The molecule has 0 saturated heterocycles. The summed E-state index contributed by atoms with van der Waals surface area (Å²) < 4.78 is 0. The second-order valence-corrected chi connectivity index (χ2v) is 4.50. The van der Waals surface area contributed by atoms with E-state index in [-0.39, 0.29) is 11.8 Å². The zero-order valence-corrected chi connectivity index (χ0v) is 10.8. The van der Waals surface area contributed by atoms with Gasteiger partial charge in [-0.1, -0.05) is 30.7 Å². The van der Waals surface area contributed by atoms with Crippen molar-refractivity contribution in [3.8, 4) is 0 Å². The molecule has 94 valence electrons. The molecule has 3 nitrogen and oxygen atoms in total. The number of hydrogen-bond acceptors (Lipinski definition) is 2. The van der Waals surface area contributed by atoms with Crippen LogP contribution in [0.25, 0.3) is 0 Å². The predicted octanol–water partition coefficient (Wildman–Crippen LogP) is 3.03. The largest absolute Gasteiger partial charge is 0.274 e. The second-order valence-electron chi connectivity index (χ2n) is 4.50. The number of hydrogen-bond donors (Lipinski definition) is 0. The van der Waals surface area contributed by atoms with E-state index in [1.165, 1.54) is 10.5 Å². The highest BCUT2D eigenvalue weighted by molar-refractivity contribution is 6.21. The molecule has 3 heteroatoms. The Morgan fingerprint density at radius 3 is 2.22 bits per heavy atom. The fourth-order valence-electron chi connectivity index (χ4n) is 2.03. The van der Waals surface area contributed by atoms with Gasteiger partial charge < -0.3 is 0 Å². The van der Waals surface area contributed by atoms with Crippen molar-refractivity contribution in [1.29, 1.82) is 0 Å². The van der Waals surface area contributed by atoms with Crippen LogP contribution in [0.1, 0.15) is 47.4 Å². The van der Waals surface area contributed by atoms with E-state index >= 15 is 0 Å². The van der Waals surface area contributed by atoms with E-state index in [1.54, 1.807) is 24.3 Å². The molecule has 1 heterocycles. The van der Waals surface area contributed by atoms with Gasteiger partial charge in [-0.05, 0) is 31.9 Å². The van der Waals surface area contributed by atoms with E-state index in [0.717, 1.165) is 12.8 Å². The molecule has 1 aliphatic rings. The van der Waals surface area contributed by atoms with Gasteiger partial charge in [-0.25, -0.2) is 0 Å². The molecule has 0 atom stereocenters. The Morgan fingerprint density at radius 2 is 1.72 bits per heavy atom. The molecule has 0 N–H and O–H groups in total. The third-order valence-corrected chi connectivity index (χ3v) is 3.28. The average molecular weight is 243 g/mol. The second kappa shape index (κ2) is 5.17. The van der Waals surface area contributed by atoms with E-state index < -0.39 is 0 Å². The lowest BCUT2D eigenvalue weighted by atomic mass is 10.1. The molecule has 0 aliphatic carbocycles. The van der Waals surface area contributed by atoms with E-state index in [9.17, 15) is 9.59 Å². The van der Waals surface area contributed by atoms with Crippen LogP contribution in [-0.2, 0) is 0 Å². The topological polar surface area (TPSA) is 37.4 Å². The first-order valence-electron chi connectivity index (χ1n) is 6.26. The van der Waals surface area contributed by atoms with Gasteiger partial charge in [-0.2, -0.15) is 0 Å². The van der Waals surface area contributed by atoms with Crippen molar-refractivity contribution in [2.75, 3.05) is 6.54 Å². The third-order valence-electron chi connectivity index (χ3n) is 3.28. The minimum atomic E-state index is -0.168. The zero-order chi connectivity index (χ0) is 13.1. The molecule has 0 bridgehead atoms. The van der Waals surface area contributed by atoms with Gasteiger partial charge in [-0.3, -0.25) is 14.5 Å². The lowest BCUT2D eigenvalue weighted by Gasteiger charge is -2.12. The number of amides is 2. The fourth-order valence-corrected chi connectivity index (χ4v) is 2.03. The van der Waals surface area contributed by atoms with Crippen LogP contribution in [0.2, 0.25) is 0 Å². The van der Waals surface area contributed by atoms with Gasteiger partial charge in [0.05, 0.1) is 11.1 Å². The molecule has 0 fully saturated rings. The highest BCUT2D eigenvalue weighted by Gasteiger charge is 2.34. The summed E-state index contributed by atoms with van der Waals surface area (Å²) in [5.74, 6) is -0.337. The SMILES string of the molecule is CC/C(C)=C/CCN1C(=O)c2ccccc2C1=O. The molecule has 2 rings (SSSR count). The third kappa shape index (κ3) is 2.21. The summed E-state index contributed by atoms with van der Waals surface area (Å²) >= 11 is 0. The Bertz CT molecular complexity index is 482. The van der Waals surface area contributed by atoms with Crippen molar-refractivity contribution >= 4 is 11.8 Å². The van der Waals surface area contributed by atoms with Crippen LogP contribution in [0.5, 0.6) is 0 Å². The van der Waals surface area contributed by atoms with Crippen LogP contribution < -0.4 is 0 Å². The molecule has 0 radical (unpaired) electrons. The van der Waals surface area contributed by atoms with Gasteiger partial charge in [0.1, 0.15) is 0 Å². The standard InChI is InChI=1S/C15H17NO2/c1-3-11(2)7-6-10-16-14(17)12-8-4-5-9-13(12)15(16)18/h4-5,7-9H,3,6,10H2,1-2H3/b11-7+. The highest BCUT2D eigenvalue weighted by Crippen LogP contribution is 2.22. The molecule has 1 aromatic rings. The Labute approximate surface area is 107 Å². The van der Waals surface area contributed by atoms with Crippen LogP contribution in [0.3, 0.4) is 0 Å². The molecule has 0 saturated carbocycles. The first-order valence-corrected chi connectivity index (χ1v) is 6.26. The van der Waals surface area contributed by atoms with Gasteiger partial charge in [0.2, 0.25) is 0 Å². The van der Waals surface area contributed by atoms with Crippen molar-refractivity contribution in [3.05, 3.63) is 47.0 Å². The number of allylic oxidation sites excluding steroid dienone is 1. The number of carbonyl (C=O) groups is 2. The number of carbonyl (C=O) groups excluding carboxylic acids is 2. The van der Waals surface area contributed by atoms with Crippen LogP contribution in [0.4, 0.5) is 0 Å². The minimum Gasteiger partial charge on any atom is -0.274 e.